The van der Waals surface area contributed by atoms with Crippen molar-refractivity contribution in [2.45, 2.75) is 59.1 Å². The maximum atomic E-state index is 6.54. The first-order valence-electron chi connectivity index (χ1n) is 15.7. The van der Waals surface area contributed by atoms with E-state index in [2.05, 4.69) is 160 Å². The number of allylic oxidation sites excluding steroid dienone is 4. The van der Waals surface area contributed by atoms with Crippen molar-refractivity contribution < 1.29 is 9.31 Å². The van der Waals surface area contributed by atoms with Crippen LogP contribution < -0.4 is 5.46 Å². The lowest BCUT2D eigenvalue weighted by Crippen LogP contribution is -2.43. The standard InChI is InChI=1S/C39H43BN2O2/c1-7-20-30(8-2)37-35-29-34(40(43-10-4)44-38(5,6)9-3)27-28-36(35)42(41-37)39(31-21-14-11-15-22-31,32-23-16-12-17-24-32)33-25-18-13-19-26-33/h7-8,11-29H,9-10H2,1-6H3. The lowest BCUT2D eigenvalue weighted by atomic mass is 9.76. The molecule has 0 aliphatic heterocycles. The van der Waals surface area contributed by atoms with Crippen LogP contribution in [-0.4, -0.2) is 29.1 Å². The second-order valence-corrected chi connectivity index (χ2v) is 11.6. The highest BCUT2D eigenvalue weighted by molar-refractivity contribution is 6.61. The Balaban J connectivity index is 1.89. The maximum absolute atomic E-state index is 6.54. The summed E-state index contributed by atoms with van der Waals surface area (Å²) in [6.45, 7) is 13.0. The summed E-state index contributed by atoms with van der Waals surface area (Å²) >= 11 is 0. The van der Waals surface area contributed by atoms with Crippen LogP contribution >= 0.6 is 0 Å². The molecule has 1 heterocycles. The molecule has 0 radical (unpaired) electrons. The maximum Gasteiger partial charge on any atom is 0.494 e. The zero-order valence-electron chi connectivity index (χ0n) is 26.8. The van der Waals surface area contributed by atoms with Gasteiger partial charge >= 0.3 is 7.12 Å². The zero-order chi connectivity index (χ0) is 31.2. The van der Waals surface area contributed by atoms with Gasteiger partial charge in [-0.05, 0) is 74.8 Å². The van der Waals surface area contributed by atoms with Crippen LogP contribution in [0, 0.1) is 0 Å². The minimum atomic E-state index is -0.739. The van der Waals surface area contributed by atoms with E-state index in [4.69, 9.17) is 14.4 Å². The third kappa shape index (κ3) is 5.95. The van der Waals surface area contributed by atoms with Gasteiger partial charge in [-0.25, -0.2) is 4.68 Å². The van der Waals surface area contributed by atoms with Gasteiger partial charge in [0.15, 0.2) is 0 Å². The summed E-state index contributed by atoms with van der Waals surface area (Å²) in [6, 6.07) is 38.6. The molecular weight excluding hydrogens is 539 g/mol. The van der Waals surface area contributed by atoms with E-state index in [0.717, 1.165) is 50.7 Å². The van der Waals surface area contributed by atoms with Crippen LogP contribution in [-0.2, 0) is 14.8 Å². The highest BCUT2D eigenvalue weighted by atomic mass is 16.6. The summed E-state index contributed by atoms with van der Waals surface area (Å²) in [5, 5.41) is 6.58. The van der Waals surface area contributed by atoms with Gasteiger partial charge < -0.3 is 9.31 Å². The van der Waals surface area contributed by atoms with Crippen molar-refractivity contribution in [2.75, 3.05) is 6.61 Å². The Morgan fingerprint density at radius 2 is 1.34 bits per heavy atom. The van der Waals surface area contributed by atoms with Crippen LogP contribution in [0.3, 0.4) is 0 Å². The van der Waals surface area contributed by atoms with Crippen LogP contribution in [0.5, 0.6) is 0 Å². The van der Waals surface area contributed by atoms with E-state index in [1.165, 1.54) is 0 Å². The highest BCUT2D eigenvalue weighted by Gasteiger charge is 2.41. The molecule has 4 aromatic carbocycles. The average Bonchev–Trinajstić information content (AvgIpc) is 3.44. The summed E-state index contributed by atoms with van der Waals surface area (Å²) in [5.41, 5.74) is 6.29. The number of aromatic nitrogens is 2. The Kier molecular flexibility index (Phi) is 9.68. The van der Waals surface area contributed by atoms with Gasteiger partial charge in [0.1, 0.15) is 5.54 Å². The first-order chi connectivity index (χ1) is 21.4. The highest BCUT2D eigenvalue weighted by Crippen LogP contribution is 2.43. The van der Waals surface area contributed by atoms with E-state index in [9.17, 15) is 0 Å². The van der Waals surface area contributed by atoms with Crippen LogP contribution in [0.4, 0.5) is 0 Å². The third-order valence-electron chi connectivity index (χ3n) is 8.39. The van der Waals surface area contributed by atoms with E-state index in [1.807, 2.05) is 13.8 Å². The molecule has 0 unspecified atom stereocenters. The van der Waals surface area contributed by atoms with Crippen molar-refractivity contribution >= 4 is 29.1 Å². The minimum absolute atomic E-state index is 0.329. The Morgan fingerprint density at radius 3 is 1.80 bits per heavy atom. The predicted octanol–water partition coefficient (Wildman–Crippen LogP) is 8.79. The fraction of sp³-hybridized carbons (Fsp3) is 0.256. The molecule has 5 heteroatoms. The molecule has 44 heavy (non-hydrogen) atoms. The molecule has 0 atom stereocenters. The molecular formula is C39H43BN2O2. The smallest absolute Gasteiger partial charge is 0.408 e. The molecule has 0 spiro atoms. The molecule has 4 nitrogen and oxygen atoms in total. The van der Waals surface area contributed by atoms with E-state index < -0.39 is 12.7 Å². The first-order valence-corrected chi connectivity index (χ1v) is 15.7. The second kappa shape index (κ2) is 13.6. The van der Waals surface area contributed by atoms with Crippen LogP contribution in [0.1, 0.15) is 70.3 Å². The van der Waals surface area contributed by atoms with Crippen molar-refractivity contribution in [3.63, 3.8) is 0 Å². The molecule has 0 N–H and O–H groups in total. The molecule has 0 saturated heterocycles. The molecule has 5 rings (SSSR count). The zero-order valence-corrected chi connectivity index (χ0v) is 26.8. The van der Waals surface area contributed by atoms with E-state index >= 15 is 0 Å². The Hall–Kier alpha value is -4.19. The van der Waals surface area contributed by atoms with Gasteiger partial charge in [0.05, 0.1) is 11.2 Å². The monoisotopic (exact) mass is 582 g/mol. The fourth-order valence-corrected chi connectivity index (χ4v) is 5.87. The van der Waals surface area contributed by atoms with Gasteiger partial charge in [-0.3, -0.25) is 0 Å². The van der Waals surface area contributed by atoms with Crippen LogP contribution in [0.15, 0.2) is 127 Å². The van der Waals surface area contributed by atoms with Gasteiger partial charge in [0.2, 0.25) is 0 Å². The molecule has 0 aliphatic carbocycles. The van der Waals surface area contributed by atoms with Gasteiger partial charge in [0.25, 0.3) is 0 Å². The average molecular weight is 583 g/mol. The molecule has 5 aromatic rings. The number of hydrogen-bond acceptors (Lipinski definition) is 3. The van der Waals surface area contributed by atoms with Crippen molar-refractivity contribution in [3.05, 3.63) is 150 Å². The number of nitrogens with zero attached hydrogens (tertiary/aromatic N) is 2. The third-order valence-corrected chi connectivity index (χ3v) is 8.39. The van der Waals surface area contributed by atoms with E-state index in [0.29, 0.717) is 6.61 Å². The quantitative estimate of drug-likeness (QED) is 0.0838. The largest absolute Gasteiger partial charge is 0.494 e. The number of rotatable bonds is 12. The molecule has 0 fully saturated rings. The minimum Gasteiger partial charge on any atom is -0.408 e. The predicted molar refractivity (Wildman–Crippen MR) is 185 cm³/mol. The number of hydrogen-bond donors (Lipinski definition) is 0. The summed E-state index contributed by atoms with van der Waals surface area (Å²) in [5.74, 6) is 0. The van der Waals surface area contributed by atoms with Crippen molar-refractivity contribution in [1.82, 2.24) is 9.78 Å². The van der Waals surface area contributed by atoms with Crippen molar-refractivity contribution in [3.8, 4) is 0 Å². The first kappa shape index (κ1) is 31.2. The van der Waals surface area contributed by atoms with Gasteiger partial charge in [0, 0.05) is 17.6 Å². The van der Waals surface area contributed by atoms with Gasteiger partial charge in [-0.2, -0.15) is 5.10 Å². The summed E-state index contributed by atoms with van der Waals surface area (Å²) < 4.78 is 15.0. The van der Waals surface area contributed by atoms with Gasteiger partial charge in [-0.15, -0.1) is 0 Å². The van der Waals surface area contributed by atoms with E-state index in [1.54, 1.807) is 0 Å². The van der Waals surface area contributed by atoms with Crippen molar-refractivity contribution in [1.29, 1.82) is 0 Å². The number of benzene rings is 4. The molecule has 0 saturated carbocycles. The van der Waals surface area contributed by atoms with E-state index in [-0.39, 0.29) is 5.60 Å². The molecule has 1 aromatic heterocycles. The Labute approximate surface area is 263 Å². The summed E-state index contributed by atoms with van der Waals surface area (Å²) in [4.78, 5) is 0. The second-order valence-electron chi connectivity index (χ2n) is 11.6. The van der Waals surface area contributed by atoms with Gasteiger partial charge in [-0.1, -0.05) is 128 Å². The molecule has 0 aliphatic rings. The summed E-state index contributed by atoms with van der Waals surface area (Å²) in [6.07, 6.45) is 7.20. The molecule has 0 bridgehead atoms. The van der Waals surface area contributed by atoms with Crippen molar-refractivity contribution in [2.24, 2.45) is 0 Å². The summed E-state index contributed by atoms with van der Waals surface area (Å²) in [7, 11) is -0.492. The Bertz CT molecular complexity index is 1630. The number of fused-ring (bicyclic) bond motifs is 1. The normalized spacial score (nSPS) is 12.7. The molecule has 0 amide bonds. The SMILES string of the molecule is CC=CC(=CC)c1nn(C(c2ccccc2)(c2ccccc2)c2ccccc2)c2ccc(B(OCC)OC(C)(C)CC)cc12. The lowest BCUT2D eigenvalue weighted by molar-refractivity contribution is 0.0706. The van der Waals surface area contributed by atoms with Crippen LogP contribution in [0.25, 0.3) is 16.5 Å². The van der Waals surface area contributed by atoms with Crippen LogP contribution in [0.2, 0.25) is 0 Å². The lowest BCUT2D eigenvalue weighted by Gasteiger charge is -2.37. The Morgan fingerprint density at radius 1 is 0.795 bits per heavy atom. The fourth-order valence-electron chi connectivity index (χ4n) is 5.87. The topological polar surface area (TPSA) is 36.3 Å². The molecule has 224 valence electrons.